The van der Waals surface area contributed by atoms with E-state index >= 15 is 0 Å². The number of ether oxygens (including phenoxy) is 2. The first-order chi connectivity index (χ1) is 21.9. The first kappa shape index (κ1) is 32.3. The molecule has 0 fully saturated rings. The third-order valence-corrected chi connectivity index (χ3v) is 10.4. The van der Waals surface area contributed by atoms with Crippen LogP contribution in [0.1, 0.15) is 11.1 Å². The highest BCUT2D eigenvalue weighted by Gasteiger charge is 2.29. The smallest absolute Gasteiger partial charge is 0.264 e. The van der Waals surface area contributed by atoms with Crippen LogP contribution in [0.3, 0.4) is 0 Å². The van der Waals surface area contributed by atoms with Crippen molar-refractivity contribution in [2.45, 2.75) is 23.6 Å². The molecule has 5 rings (SSSR count). The van der Waals surface area contributed by atoms with Gasteiger partial charge in [-0.15, -0.1) is 0 Å². The molecule has 238 valence electrons. The summed E-state index contributed by atoms with van der Waals surface area (Å²) in [5, 5.41) is 4.33. The number of aryl methyl sites for hydroxylation is 2. The number of sulfonamides is 2. The SMILES string of the molecule is COc1ccc(S(=O)(=O)N(CC(=O)Nc2ccc(S(=O)(=O)Nc3cccc4ccccc34)cc2)c2cc(C)cc(C)c2)cc1OC. The van der Waals surface area contributed by atoms with Crippen LogP contribution in [0.15, 0.2) is 113 Å². The van der Waals surface area contributed by atoms with Gasteiger partial charge < -0.3 is 14.8 Å². The Labute approximate surface area is 268 Å². The van der Waals surface area contributed by atoms with Crippen LogP contribution >= 0.6 is 0 Å². The summed E-state index contributed by atoms with van der Waals surface area (Å²) in [5.41, 5.74) is 2.67. The standard InChI is InChI=1S/C34H33N3O7S2/c1-23-18-24(2)20-27(19-23)37(46(41,42)29-16-17-32(43-3)33(21-29)44-4)22-34(38)35-26-12-14-28(15-13-26)45(39,40)36-31-11-7-9-25-8-5-6-10-30(25)31/h5-21,36H,22H2,1-4H3,(H,35,38). The van der Waals surface area contributed by atoms with Crippen LogP contribution in [0.5, 0.6) is 11.5 Å². The predicted molar refractivity (Wildman–Crippen MR) is 180 cm³/mol. The highest BCUT2D eigenvalue weighted by Crippen LogP contribution is 2.33. The summed E-state index contributed by atoms with van der Waals surface area (Å²) in [4.78, 5) is 13.2. The number of carbonyl (C=O) groups excluding carboxylic acids is 1. The number of amides is 1. The first-order valence-electron chi connectivity index (χ1n) is 14.1. The minimum atomic E-state index is -4.25. The van der Waals surface area contributed by atoms with Crippen molar-refractivity contribution in [1.82, 2.24) is 0 Å². The van der Waals surface area contributed by atoms with Gasteiger partial charge in [-0.05, 0) is 85.0 Å². The molecule has 0 aliphatic rings. The van der Waals surface area contributed by atoms with E-state index in [2.05, 4.69) is 10.0 Å². The number of anilines is 3. The van der Waals surface area contributed by atoms with Gasteiger partial charge in [-0.25, -0.2) is 16.8 Å². The van der Waals surface area contributed by atoms with Crippen molar-refractivity contribution in [3.8, 4) is 11.5 Å². The third kappa shape index (κ3) is 6.93. The van der Waals surface area contributed by atoms with Crippen LogP contribution in [0.4, 0.5) is 17.1 Å². The number of benzene rings is 5. The fourth-order valence-electron chi connectivity index (χ4n) is 5.08. The van der Waals surface area contributed by atoms with Gasteiger partial charge in [-0.3, -0.25) is 13.8 Å². The van der Waals surface area contributed by atoms with E-state index in [1.165, 1.54) is 56.7 Å². The Kier molecular flexibility index (Phi) is 9.22. The van der Waals surface area contributed by atoms with Crippen molar-refractivity contribution >= 4 is 53.8 Å². The predicted octanol–water partition coefficient (Wildman–Crippen LogP) is 6.11. The van der Waals surface area contributed by atoms with Crippen molar-refractivity contribution in [3.63, 3.8) is 0 Å². The molecule has 0 aliphatic heterocycles. The molecule has 1 amide bonds. The van der Waals surface area contributed by atoms with E-state index in [9.17, 15) is 21.6 Å². The minimum Gasteiger partial charge on any atom is -0.493 e. The Balaban J connectivity index is 1.38. The molecule has 0 saturated carbocycles. The maximum absolute atomic E-state index is 14.0. The van der Waals surface area contributed by atoms with Crippen LogP contribution in [0.25, 0.3) is 10.8 Å². The van der Waals surface area contributed by atoms with E-state index in [-0.39, 0.29) is 21.2 Å². The molecule has 5 aromatic carbocycles. The lowest BCUT2D eigenvalue weighted by atomic mass is 10.1. The molecular weight excluding hydrogens is 627 g/mol. The van der Waals surface area contributed by atoms with Crippen LogP contribution in [0.2, 0.25) is 0 Å². The molecule has 0 heterocycles. The molecule has 2 N–H and O–H groups in total. The van der Waals surface area contributed by atoms with Gasteiger partial charge in [0.2, 0.25) is 5.91 Å². The highest BCUT2D eigenvalue weighted by molar-refractivity contribution is 7.93. The number of hydrogen-bond acceptors (Lipinski definition) is 7. The lowest BCUT2D eigenvalue weighted by Gasteiger charge is -2.25. The van der Waals surface area contributed by atoms with Crippen LogP contribution < -0.4 is 23.8 Å². The van der Waals surface area contributed by atoms with Gasteiger partial charge in [0.1, 0.15) is 6.54 Å². The number of nitrogens with one attached hydrogen (secondary N) is 2. The second-order valence-corrected chi connectivity index (χ2v) is 14.1. The largest absolute Gasteiger partial charge is 0.493 e. The second-order valence-electron chi connectivity index (χ2n) is 10.6. The Morgan fingerprint density at radius 2 is 1.35 bits per heavy atom. The average molecular weight is 660 g/mol. The average Bonchev–Trinajstić information content (AvgIpc) is 3.03. The van der Waals surface area contributed by atoms with Crippen molar-refractivity contribution in [2.75, 3.05) is 35.1 Å². The molecule has 12 heteroatoms. The number of methoxy groups -OCH3 is 2. The van der Waals surface area contributed by atoms with Gasteiger partial charge in [0.15, 0.2) is 11.5 Å². The number of rotatable bonds is 11. The fourth-order valence-corrected chi connectivity index (χ4v) is 7.58. The summed E-state index contributed by atoms with van der Waals surface area (Å²) in [7, 11) is -5.35. The minimum absolute atomic E-state index is 0.00803. The van der Waals surface area contributed by atoms with Gasteiger partial charge in [0.25, 0.3) is 20.0 Å². The zero-order valence-corrected chi connectivity index (χ0v) is 27.3. The van der Waals surface area contributed by atoms with Crippen molar-refractivity contribution in [3.05, 3.63) is 114 Å². The molecule has 0 saturated heterocycles. The summed E-state index contributed by atoms with van der Waals surface area (Å²) in [6.45, 7) is 3.12. The summed E-state index contributed by atoms with van der Waals surface area (Å²) >= 11 is 0. The van der Waals surface area contributed by atoms with Gasteiger partial charge in [-0.2, -0.15) is 0 Å². The lowest BCUT2D eigenvalue weighted by Crippen LogP contribution is -2.38. The zero-order valence-electron chi connectivity index (χ0n) is 25.6. The molecule has 10 nitrogen and oxygen atoms in total. The number of fused-ring (bicyclic) bond motifs is 1. The molecule has 0 aromatic heterocycles. The van der Waals surface area contributed by atoms with Gasteiger partial charge in [-0.1, -0.05) is 42.5 Å². The maximum Gasteiger partial charge on any atom is 0.264 e. The topological polar surface area (TPSA) is 131 Å². The Morgan fingerprint density at radius 1 is 0.717 bits per heavy atom. The second kappa shape index (κ2) is 13.1. The van der Waals surface area contributed by atoms with E-state index in [1.54, 1.807) is 24.3 Å². The highest BCUT2D eigenvalue weighted by atomic mass is 32.2. The van der Waals surface area contributed by atoms with Crippen molar-refractivity contribution in [1.29, 1.82) is 0 Å². The maximum atomic E-state index is 14.0. The lowest BCUT2D eigenvalue weighted by molar-refractivity contribution is -0.114. The van der Waals surface area contributed by atoms with Crippen molar-refractivity contribution in [2.24, 2.45) is 0 Å². The van der Waals surface area contributed by atoms with Gasteiger partial charge in [0, 0.05) is 17.1 Å². The molecule has 0 aliphatic carbocycles. The molecule has 0 spiro atoms. The monoisotopic (exact) mass is 659 g/mol. The Bertz CT molecular complexity index is 2110. The van der Waals surface area contributed by atoms with Crippen molar-refractivity contribution < 1.29 is 31.1 Å². The number of nitrogens with zero attached hydrogens (tertiary/aromatic N) is 1. The number of carbonyl (C=O) groups is 1. The van der Waals surface area contributed by atoms with E-state index in [0.29, 0.717) is 17.1 Å². The first-order valence-corrected chi connectivity index (χ1v) is 17.1. The van der Waals surface area contributed by atoms with E-state index < -0.39 is 32.5 Å². The summed E-state index contributed by atoms with van der Waals surface area (Å²) in [6, 6.07) is 27.9. The van der Waals surface area contributed by atoms with E-state index in [1.807, 2.05) is 50.2 Å². The van der Waals surface area contributed by atoms with Gasteiger partial charge >= 0.3 is 0 Å². The molecule has 0 unspecified atom stereocenters. The molecule has 0 radical (unpaired) electrons. The summed E-state index contributed by atoms with van der Waals surface area (Å²) in [6.07, 6.45) is 0. The Hall–Kier alpha value is -5.07. The zero-order chi connectivity index (χ0) is 33.1. The van der Waals surface area contributed by atoms with Gasteiger partial charge in [0.05, 0.1) is 35.4 Å². The van der Waals surface area contributed by atoms with E-state index in [0.717, 1.165) is 26.2 Å². The normalized spacial score (nSPS) is 11.6. The quantitative estimate of drug-likeness (QED) is 0.175. The van der Waals surface area contributed by atoms with Crippen LogP contribution in [0, 0.1) is 13.8 Å². The number of hydrogen-bond donors (Lipinski definition) is 2. The molecular formula is C34H33N3O7S2. The summed E-state index contributed by atoms with van der Waals surface area (Å²) in [5.74, 6) is -0.0546. The van der Waals surface area contributed by atoms with E-state index in [4.69, 9.17) is 9.47 Å². The Morgan fingerprint density at radius 3 is 2.02 bits per heavy atom. The summed E-state index contributed by atoms with van der Waals surface area (Å²) < 4.78 is 68.5. The van der Waals surface area contributed by atoms with Crippen LogP contribution in [-0.2, 0) is 24.8 Å². The molecule has 46 heavy (non-hydrogen) atoms. The molecule has 5 aromatic rings. The molecule has 0 atom stereocenters. The fraction of sp³-hybridized carbons (Fsp3) is 0.147. The molecule has 0 bridgehead atoms. The third-order valence-electron chi connectivity index (χ3n) is 7.21. The van der Waals surface area contributed by atoms with Crippen LogP contribution in [-0.4, -0.2) is 43.5 Å².